The molecule has 1 aromatic heterocycles. The topological polar surface area (TPSA) is 50.1 Å². The number of benzene rings is 1. The second kappa shape index (κ2) is 8.63. The third kappa shape index (κ3) is 4.56. The van der Waals surface area contributed by atoms with Crippen LogP contribution in [0, 0.1) is 4.77 Å². The molecule has 0 bridgehead atoms. The van der Waals surface area contributed by atoms with Gasteiger partial charge in [0.2, 0.25) is 4.77 Å². The summed E-state index contributed by atoms with van der Waals surface area (Å²) < 4.78 is 16.0. The minimum atomic E-state index is 0.634. The standard InChI is InChI=1S/C20H29N5O2S/c1-22-19(16-3-4-16)21-25(20(22)28)15-24-11-9-23(10-12-24)13-14-27-18-7-5-17(26-2)6-8-18/h5-8,16H,3-4,9-15H2,1-2H3/p+2. The van der Waals surface area contributed by atoms with Gasteiger partial charge in [0.1, 0.15) is 56.7 Å². The molecule has 2 aliphatic rings. The van der Waals surface area contributed by atoms with E-state index in [9.17, 15) is 0 Å². The number of aromatic nitrogens is 3. The number of hydrogen-bond acceptors (Lipinski definition) is 4. The number of rotatable bonds is 8. The Morgan fingerprint density at radius 1 is 1.07 bits per heavy atom. The zero-order valence-electron chi connectivity index (χ0n) is 16.8. The number of nitrogens with zero attached hydrogens (tertiary/aromatic N) is 3. The lowest BCUT2D eigenvalue weighted by Gasteiger charge is -2.29. The first-order valence-electron chi connectivity index (χ1n) is 10.2. The Labute approximate surface area is 171 Å². The highest BCUT2D eigenvalue weighted by molar-refractivity contribution is 7.71. The van der Waals surface area contributed by atoms with E-state index in [4.69, 9.17) is 26.8 Å². The molecular formula is C20H31N5O2S+2. The molecule has 1 aromatic carbocycles. The van der Waals surface area contributed by atoms with E-state index in [0.717, 1.165) is 62.3 Å². The van der Waals surface area contributed by atoms with Crippen molar-refractivity contribution in [3.05, 3.63) is 34.9 Å². The Bertz CT molecular complexity index is 835. The quantitative estimate of drug-likeness (QED) is 0.590. The van der Waals surface area contributed by atoms with Crippen LogP contribution in [0.25, 0.3) is 0 Å². The average molecular weight is 406 g/mol. The molecule has 0 radical (unpaired) electrons. The van der Waals surface area contributed by atoms with E-state index in [1.165, 1.54) is 18.7 Å². The third-order valence-electron chi connectivity index (χ3n) is 5.84. The van der Waals surface area contributed by atoms with Gasteiger partial charge in [-0.05, 0) is 49.3 Å². The van der Waals surface area contributed by atoms with E-state index < -0.39 is 0 Å². The lowest BCUT2D eigenvalue weighted by Crippen LogP contribution is -3.28. The molecule has 1 aliphatic heterocycles. The smallest absolute Gasteiger partial charge is 0.202 e. The molecule has 152 valence electrons. The first kappa shape index (κ1) is 19.4. The average Bonchev–Trinajstić information content (AvgIpc) is 3.53. The maximum Gasteiger partial charge on any atom is 0.202 e. The maximum atomic E-state index is 5.88. The van der Waals surface area contributed by atoms with E-state index in [0.29, 0.717) is 5.92 Å². The monoisotopic (exact) mass is 405 g/mol. The summed E-state index contributed by atoms with van der Waals surface area (Å²) in [5.74, 6) is 3.56. The largest absolute Gasteiger partial charge is 0.497 e. The summed E-state index contributed by atoms with van der Waals surface area (Å²) in [6.07, 6.45) is 2.51. The van der Waals surface area contributed by atoms with Crippen LogP contribution >= 0.6 is 12.2 Å². The van der Waals surface area contributed by atoms with E-state index >= 15 is 0 Å². The van der Waals surface area contributed by atoms with Gasteiger partial charge in [-0.25, -0.2) is 0 Å². The molecule has 2 fully saturated rings. The third-order valence-corrected chi connectivity index (χ3v) is 6.32. The SMILES string of the molecule is COc1ccc(OCC[NH+]2CC[NH+](Cn3nc(C4CC4)n(C)c3=S)CC2)cc1. The zero-order valence-corrected chi connectivity index (χ0v) is 17.6. The zero-order chi connectivity index (χ0) is 19.5. The number of hydrogen-bond donors (Lipinski definition) is 2. The van der Waals surface area contributed by atoms with Crippen LogP contribution in [0.15, 0.2) is 24.3 Å². The molecule has 0 atom stereocenters. The van der Waals surface area contributed by atoms with Crippen LogP contribution in [0.4, 0.5) is 0 Å². The summed E-state index contributed by atoms with van der Waals surface area (Å²) in [7, 11) is 3.73. The molecule has 0 unspecified atom stereocenters. The molecule has 2 N–H and O–H groups in total. The Hall–Kier alpha value is -1.90. The van der Waals surface area contributed by atoms with Crippen molar-refractivity contribution in [1.29, 1.82) is 0 Å². The molecule has 1 saturated carbocycles. The first-order valence-corrected chi connectivity index (χ1v) is 10.6. The van der Waals surface area contributed by atoms with Crippen LogP contribution < -0.4 is 19.3 Å². The van der Waals surface area contributed by atoms with Gasteiger partial charge in [-0.15, -0.1) is 0 Å². The predicted molar refractivity (Wildman–Crippen MR) is 109 cm³/mol. The highest BCUT2D eigenvalue weighted by Gasteiger charge is 2.30. The Balaban J connectivity index is 1.20. The van der Waals surface area contributed by atoms with Crippen molar-refractivity contribution in [1.82, 2.24) is 14.3 Å². The van der Waals surface area contributed by atoms with Gasteiger partial charge in [-0.3, -0.25) is 0 Å². The molecule has 1 saturated heterocycles. The Morgan fingerprint density at radius 3 is 2.36 bits per heavy atom. The molecule has 7 nitrogen and oxygen atoms in total. The Morgan fingerprint density at radius 2 is 1.71 bits per heavy atom. The van der Waals surface area contributed by atoms with Gasteiger partial charge in [-0.2, -0.15) is 9.78 Å². The summed E-state index contributed by atoms with van der Waals surface area (Å²) in [6.45, 7) is 7.29. The van der Waals surface area contributed by atoms with Gasteiger partial charge in [0.25, 0.3) is 0 Å². The van der Waals surface area contributed by atoms with Gasteiger partial charge >= 0.3 is 0 Å². The number of methoxy groups -OCH3 is 1. The molecular weight excluding hydrogens is 374 g/mol. The van der Waals surface area contributed by atoms with E-state index in [1.807, 2.05) is 28.9 Å². The molecule has 4 rings (SSSR count). The number of piperazine rings is 1. The van der Waals surface area contributed by atoms with Gasteiger partial charge in [-0.1, -0.05) is 0 Å². The van der Waals surface area contributed by atoms with Crippen molar-refractivity contribution in [2.75, 3.05) is 46.4 Å². The van der Waals surface area contributed by atoms with Crippen LogP contribution in [0.2, 0.25) is 0 Å². The van der Waals surface area contributed by atoms with Crippen LogP contribution in [0.5, 0.6) is 11.5 Å². The second-order valence-corrected chi connectivity index (χ2v) is 8.27. The van der Waals surface area contributed by atoms with Gasteiger partial charge < -0.3 is 23.8 Å². The number of ether oxygens (including phenoxy) is 2. The summed E-state index contributed by atoms with van der Waals surface area (Å²) in [5.41, 5.74) is 0. The fourth-order valence-corrected chi connectivity index (χ4v) is 4.07. The van der Waals surface area contributed by atoms with Crippen molar-refractivity contribution in [2.24, 2.45) is 7.05 Å². The maximum absolute atomic E-state index is 5.88. The molecule has 1 aliphatic carbocycles. The number of quaternary nitrogens is 2. The molecule has 0 spiro atoms. The van der Waals surface area contributed by atoms with Crippen molar-refractivity contribution in [3.8, 4) is 11.5 Å². The van der Waals surface area contributed by atoms with Crippen molar-refractivity contribution in [3.63, 3.8) is 0 Å². The molecule has 2 heterocycles. The van der Waals surface area contributed by atoms with Crippen molar-refractivity contribution < 1.29 is 19.3 Å². The lowest BCUT2D eigenvalue weighted by atomic mass is 10.3. The van der Waals surface area contributed by atoms with Crippen molar-refractivity contribution >= 4 is 12.2 Å². The fourth-order valence-electron chi connectivity index (χ4n) is 3.87. The summed E-state index contributed by atoms with van der Waals surface area (Å²) in [4.78, 5) is 3.18. The minimum Gasteiger partial charge on any atom is -0.497 e. The Kier molecular flexibility index (Phi) is 5.99. The molecule has 2 aromatic rings. The van der Waals surface area contributed by atoms with E-state index in [1.54, 1.807) is 16.9 Å². The molecule has 0 amide bonds. The normalized spacial score (nSPS) is 22.2. The van der Waals surface area contributed by atoms with Crippen LogP contribution in [0.1, 0.15) is 24.6 Å². The lowest BCUT2D eigenvalue weighted by molar-refractivity contribution is -1.02. The van der Waals surface area contributed by atoms with Crippen LogP contribution in [-0.2, 0) is 13.7 Å². The van der Waals surface area contributed by atoms with E-state index in [-0.39, 0.29) is 0 Å². The summed E-state index contributed by atoms with van der Waals surface area (Å²) in [5, 5.41) is 4.80. The van der Waals surface area contributed by atoms with Crippen LogP contribution in [-0.4, -0.2) is 60.8 Å². The first-order chi connectivity index (χ1) is 13.6. The van der Waals surface area contributed by atoms with E-state index in [2.05, 4.69) is 11.6 Å². The highest BCUT2D eigenvalue weighted by Crippen LogP contribution is 2.38. The fraction of sp³-hybridized carbons (Fsp3) is 0.600. The van der Waals surface area contributed by atoms with Gasteiger partial charge in [0.05, 0.1) is 7.11 Å². The van der Waals surface area contributed by atoms with Crippen molar-refractivity contribution in [2.45, 2.75) is 25.4 Å². The number of nitrogens with one attached hydrogen (secondary N) is 2. The van der Waals surface area contributed by atoms with Gasteiger partial charge in [0.15, 0.2) is 6.67 Å². The van der Waals surface area contributed by atoms with Gasteiger partial charge in [0, 0.05) is 13.0 Å². The minimum absolute atomic E-state index is 0.634. The summed E-state index contributed by atoms with van der Waals surface area (Å²) >= 11 is 5.59. The predicted octanol–water partition coefficient (Wildman–Crippen LogP) is -0.343. The molecule has 8 heteroatoms. The summed E-state index contributed by atoms with van der Waals surface area (Å²) in [6, 6.07) is 7.79. The van der Waals surface area contributed by atoms with Crippen LogP contribution in [0.3, 0.4) is 0 Å². The highest BCUT2D eigenvalue weighted by atomic mass is 32.1. The molecule has 28 heavy (non-hydrogen) atoms. The second-order valence-electron chi connectivity index (χ2n) is 7.91.